The molecule has 1 aromatic heterocycles. The van der Waals surface area contributed by atoms with Gasteiger partial charge in [-0.2, -0.15) is 0 Å². The van der Waals surface area contributed by atoms with Crippen molar-refractivity contribution >= 4 is 17.6 Å². The predicted octanol–water partition coefficient (Wildman–Crippen LogP) is 1.91. The second-order valence-electron chi connectivity index (χ2n) is 2.80. The van der Waals surface area contributed by atoms with Gasteiger partial charge in [0.2, 0.25) is 0 Å². The fourth-order valence-electron chi connectivity index (χ4n) is 1.08. The normalized spacial score (nSPS) is 9.93. The van der Waals surface area contributed by atoms with Crippen LogP contribution in [0.15, 0.2) is 52.6 Å². The quantitative estimate of drug-likeness (QED) is 0.608. The Kier molecular flexibility index (Phi) is 3.16. The summed E-state index contributed by atoms with van der Waals surface area (Å²) in [5.41, 5.74) is 2.47. The standard InChI is InChI=1S/C10H10N4S/c11-14-9-6-12-7-10(13-9)15-8-4-2-1-3-5-8/h1-7H,11H2,(H,13,14). The van der Waals surface area contributed by atoms with E-state index in [1.54, 1.807) is 24.2 Å². The summed E-state index contributed by atoms with van der Waals surface area (Å²) in [5.74, 6) is 5.82. The maximum Gasteiger partial charge on any atom is 0.159 e. The van der Waals surface area contributed by atoms with Crippen molar-refractivity contribution in [3.8, 4) is 0 Å². The van der Waals surface area contributed by atoms with Crippen LogP contribution in [0.5, 0.6) is 0 Å². The molecule has 0 spiro atoms. The molecule has 0 radical (unpaired) electrons. The Bertz CT molecular complexity index is 432. The van der Waals surface area contributed by atoms with Gasteiger partial charge < -0.3 is 5.43 Å². The molecule has 0 unspecified atom stereocenters. The number of benzene rings is 1. The van der Waals surface area contributed by atoms with E-state index in [2.05, 4.69) is 15.4 Å². The highest BCUT2D eigenvalue weighted by atomic mass is 32.2. The zero-order chi connectivity index (χ0) is 10.5. The van der Waals surface area contributed by atoms with Crippen molar-refractivity contribution in [2.24, 2.45) is 5.84 Å². The number of nitrogens with zero attached hydrogens (tertiary/aromatic N) is 2. The van der Waals surface area contributed by atoms with Gasteiger partial charge in [-0.1, -0.05) is 30.0 Å². The number of hydrazine groups is 1. The number of hydrogen-bond acceptors (Lipinski definition) is 5. The van der Waals surface area contributed by atoms with Gasteiger partial charge in [0, 0.05) is 4.90 Å². The number of rotatable bonds is 3. The minimum Gasteiger partial charge on any atom is -0.307 e. The SMILES string of the molecule is NNc1cncc(Sc2ccccc2)n1. The van der Waals surface area contributed by atoms with Crippen molar-refractivity contribution in [2.45, 2.75) is 9.92 Å². The predicted molar refractivity (Wildman–Crippen MR) is 60.4 cm³/mol. The van der Waals surface area contributed by atoms with Crippen molar-refractivity contribution in [3.05, 3.63) is 42.7 Å². The van der Waals surface area contributed by atoms with E-state index in [4.69, 9.17) is 5.84 Å². The van der Waals surface area contributed by atoms with Gasteiger partial charge in [0.15, 0.2) is 5.82 Å². The molecule has 2 rings (SSSR count). The molecule has 0 saturated heterocycles. The fourth-order valence-corrected chi connectivity index (χ4v) is 1.87. The van der Waals surface area contributed by atoms with E-state index < -0.39 is 0 Å². The maximum atomic E-state index is 5.25. The Morgan fingerprint density at radius 2 is 1.93 bits per heavy atom. The number of anilines is 1. The highest BCUT2D eigenvalue weighted by molar-refractivity contribution is 7.99. The van der Waals surface area contributed by atoms with Crippen molar-refractivity contribution in [2.75, 3.05) is 5.43 Å². The third kappa shape index (κ3) is 2.68. The number of nitrogens with two attached hydrogens (primary N) is 1. The summed E-state index contributed by atoms with van der Waals surface area (Å²) in [6.07, 6.45) is 3.29. The Balaban J connectivity index is 2.17. The van der Waals surface area contributed by atoms with Crippen LogP contribution in [0.4, 0.5) is 5.82 Å². The first-order valence-corrected chi connectivity index (χ1v) is 5.22. The summed E-state index contributed by atoms with van der Waals surface area (Å²) in [4.78, 5) is 9.40. The first-order valence-electron chi connectivity index (χ1n) is 4.40. The largest absolute Gasteiger partial charge is 0.307 e. The molecular formula is C10H10N4S. The molecule has 0 aliphatic carbocycles. The summed E-state index contributed by atoms with van der Waals surface area (Å²) < 4.78 is 0. The molecule has 2 aromatic rings. The third-order valence-corrected chi connectivity index (χ3v) is 2.64. The van der Waals surface area contributed by atoms with Gasteiger partial charge in [0.05, 0.1) is 12.4 Å². The van der Waals surface area contributed by atoms with Crippen LogP contribution in [0.25, 0.3) is 0 Å². The molecule has 1 aromatic carbocycles. The molecule has 1 heterocycles. The Hall–Kier alpha value is -1.59. The average molecular weight is 218 g/mol. The fraction of sp³-hybridized carbons (Fsp3) is 0. The molecule has 0 amide bonds. The smallest absolute Gasteiger partial charge is 0.159 e. The van der Waals surface area contributed by atoms with Crippen molar-refractivity contribution in [1.29, 1.82) is 0 Å². The van der Waals surface area contributed by atoms with Gasteiger partial charge in [-0.05, 0) is 12.1 Å². The highest BCUT2D eigenvalue weighted by Gasteiger charge is 1.99. The van der Waals surface area contributed by atoms with E-state index in [-0.39, 0.29) is 0 Å². The molecule has 3 N–H and O–H groups in total. The lowest BCUT2D eigenvalue weighted by Gasteiger charge is -2.02. The minimum atomic E-state index is 0.566. The number of aromatic nitrogens is 2. The van der Waals surface area contributed by atoms with E-state index in [0.717, 1.165) is 9.92 Å². The van der Waals surface area contributed by atoms with Crippen LogP contribution in [0.3, 0.4) is 0 Å². The van der Waals surface area contributed by atoms with Gasteiger partial charge in [-0.15, -0.1) is 0 Å². The van der Waals surface area contributed by atoms with Gasteiger partial charge >= 0.3 is 0 Å². The molecule has 0 saturated carbocycles. The minimum absolute atomic E-state index is 0.566. The Morgan fingerprint density at radius 1 is 1.13 bits per heavy atom. The summed E-state index contributed by atoms with van der Waals surface area (Å²) >= 11 is 1.55. The number of nitrogen functional groups attached to an aromatic ring is 1. The Morgan fingerprint density at radius 3 is 2.67 bits per heavy atom. The van der Waals surface area contributed by atoms with Crippen LogP contribution < -0.4 is 11.3 Å². The molecule has 0 aliphatic heterocycles. The Labute approximate surface area is 91.9 Å². The molecular weight excluding hydrogens is 208 g/mol. The second-order valence-corrected chi connectivity index (χ2v) is 3.90. The zero-order valence-corrected chi connectivity index (χ0v) is 8.74. The average Bonchev–Trinajstić information content (AvgIpc) is 2.31. The highest BCUT2D eigenvalue weighted by Crippen LogP contribution is 2.25. The van der Waals surface area contributed by atoms with Crippen LogP contribution in [0.2, 0.25) is 0 Å². The molecule has 0 fully saturated rings. The van der Waals surface area contributed by atoms with Crippen LogP contribution in [-0.2, 0) is 0 Å². The molecule has 0 atom stereocenters. The molecule has 0 aliphatic rings. The first-order chi connectivity index (χ1) is 7.38. The van der Waals surface area contributed by atoms with E-state index in [1.165, 1.54) is 0 Å². The topological polar surface area (TPSA) is 63.8 Å². The lowest BCUT2D eigenvalue weighted by atomic mass is 10.4. The maximum absolute atomic E-state index is 5.25. The van der Waals surface area contributed by atoms with Gasteiger partial charge in [0.25, 0.3) is 0 Å². The van der Waals surface area contributed by atoms with Gasteiger partial charge in [-0.25, -0.2) is 10.8 Å². The van der Waals surface area contributed by atoms with E-state index >= 15 is 0 Å². The van der Waals surface area contributed by atoms with E-state index in [1.807, 2.05) is 30.3 Å². The monoisotopic (exact) mass is 218 g/mol. The van der Waals surface area contributed by atoms with E-state index in [9.17, 15) is 0 Å². The third-order valence-electron chi connectivity index (χ3n) is 1.73. The lowest BCUT2D eigenvalue weighted by Crippen LogP contribution is -2.08. The zero-order valence-electron chi connectivity index (χ0n) is 7.92. The molecule has 0 bridgehead atoms. The van der Waals surface area contributed by atoms with Gasteiger partial charge in [0.1, 0.15) is 5.03 Å². The van der Waals surface area contributed by atoms with Crippen LogP contribution >= 0.6 is 11.8 Å². The summed E-state index contributed by atoms with van der Waals surface area (Å²) in [6.45, 7) is 0. The van der Waals surface area contributed by atoms with Crippen molar-refractivity contribution in [1.82, 2.24) is 9.97 Å². The lowest BCUT2D eigenvalue weighted by molar-refractivity contribution is 1.04. The van der Waals surface area contributed by atoms with E-state index in [0.29, 0.717) is 5.82 Å². The number of hydrogen-bond donors (Lipinski definition) is 2. The second kappa shape index (κ2) is 4.77. The molecule has 76 valence electrons. The van der Waals surface area contributed by atoms with Crippen LogP contribution in [0, 0.1) is 0 Å². The van der Waals surface area contributed by atoms with Crippen molar-refractivity contribution in [3.63, 3.8) is 0 Å². The summed E-state index contributed by atoms with van der Waals surface area (Å²) in [7, 11) is 0. The molecule has 15 heavy (non-hydrogen) atoms. The van der Waals surface area contributed by atoms with Crippen LogP contribution in [0.1, 0.15) is 0 Å². The summed E-state index contributed by atoms with van der Waals surface area (Å²) in [5, 5.41) is 0.816. The number of nitrogens with one attached hydrogen (secondary N) is 1. The first kappa shape index (κ1) is 9.95. The van der Waals surface area contributed by atoms with Crippen molar-refractivity contribution < 1.29 is 0 Å². The molecule has 5 heteroatoms. The molecule has 4 nitrogen and oxygen atoms in total. The van der Waals surface area contributed by atoms with Gasteiger partial charge in [-0.3, -0.25) is 4.98 Å². The van der Waals surface area contributed by atoms with Crippen LogP contribution in [-0.4, -0.2) is 9.97 Å². The summed E-state index contributed by atoms with van der Waals surface area (Å²) in [6, 6.07) is 10.00.